The summed E-state index contributed by atoms with van der Waals surface area (Å²) in [6, 6.07) is 3.22. The van der Waals surface area contributed by atoms with E-state index in [-0.39, 0.29) is 24.2 Å². The highest BCUT2D eigenvalue weighted by molar-refractivity contribution is 5.85. The zero-order chi connectivity index (χ0) is 11.1. The first-order valence-electron chi connectivity index (χ1n) is 4.72. The van der Waals surface area contributed by atoms with Crippen molar-refractivity contribution >= 4 is 12.4 Å². The van der Waals surface area contributed by atoms with Crippen LogP contribution < -0.4 is 0 Å². The normalized spacial score (nSPS) is 14.4. The van der Waals surface area contributed by atoms with Gasteiger partial charge in [-0.2, -0.15) is 20.8 Å². The molecular formula is C10H17ClN4. The number of nitrogens with zero attached hydrogens (tertiary/aromatic N) is 4. The number of hydrogen-bond donors (Lipinski definition) is 0. The molecule has 0 bridgehead atoms. The third-order valence-electron chi connectivity index (χ3n) is 1.84. The first kappa shape index (κ1) is 16.3. The maximum atomic E-state index is 8.73. The van der Waals surface area contributed by atoms with Gasteiger partial charge < -0.3 is 0 Å². The molecular weight excluding hydrogens is 212 g/mol. The van der Waals surface area contributed by atoms with Gasteiger partial charge in [-0.1, -0.05) is 27.7 Å². The summed E-state index contributed by atoms with van der Waals surface area (Å²) in [6.07, 6.45) is 0. The summed E-state index contributed by atoms with van der Waals surface area (Å²) >= 11 is 0. The molecule has 4 nitrogen and oxygen atoms in total. The highest BCUT2D eigenvalue weighted by Gasteiger charge is 2.14. The van der Waals surface area contributed by atoms with E-state index in [2.05, 4.69) is 22.4 Å². The smallest absolute Gasteiger partial charge is 0.159 e. The van der Waals surface area contributed by atoms with Gasteiger partial charge in [0.2, 0.25) is 0 Å². The Morgan fingerprint density at radius 3 is 1.20 bits per heavy atom. The summed E-state index contributed by atoms with van der Waals surface area (Å²) in [5.41, 5.74) is 0. The van der Waals surface area contributed by atoms with E-state index in [4.69, 9.17) is 10.5 Å². The Balaban J connectivity index is 0. The topological polar surface area (TPSA) is 72.3 Å². The lowest BCUT2D eigenvalue weighted by Crippen LogP contribution is -2.13. The Kier molecular flexibility index (Phi) is 8.91. The molecule has 0 aromatic rings. The van der Waals surface area contributed by atoms with Crippen LogP contribution in [0, 0.1) is 34.5 Å². The molecule has 0 aromatic carbocycles. The molecule has 0 spiro atoms. The van der Waals surface area contributed by atoms with E-state index in [0.29, 0.717) is 0 Å². The highest BCUT2D eigenvalue weighted by Crippen LogP contribution is 2.10. The van der Waals surface area contributed by atoms with Crippen molar-refractivity contribution in [1.82, 2.24) is 0 Å². The van der Waals surface area contributed by atoms with Crippen LogP contribution in [-0.4, -0.2) is 12.1 Å². The second-order valence-corrected chi connectivity index (χ2v) is 3.87. The van der Waals surface area contributed by atoms with Crippen molar-refractivity contribution in [2.45, 2.75) is 39.8 Å². The molecule has 2 atom stereocenters. The maximum absolute atomic E-state index is 8.73. The predicted molar refractivity (Wildman–Crippen MR) is 60.6 cm³/mol. The standard InChI is InChI=1S/C10H16N4.ClH/c1-7(2)9(5-11)13-14-10(6-12)8(3)4;/h7-10H,1-4H3;1H. The Labute approximate surface area is 97.4 Å². The van der Waals surface area contributed by atoms with Gasteiger partial charge in [-0.05, 0) is 11.8 Å². The molecule has 0 aromatic heterocycles. The van der Waals surface area contributed by atoms with Gasteiger partial charge in [0.1, 0.15) is 0 Å². The minimum Gasteiger partial charge on any atom is -0.196 e. The number of hydrogen-bond acceptors (Lipinski definition) is 4. The molecule has 0 saturated heterocycles. The number of nitriles is 2. The van der Waals surface area contributed by atoms with Crippen LogP contribution in [0.3, 0.4) is 0 Å². The molecule has 0 fully saturated rings. The molecule has 0 aliphatic rings. The molecule has 0 aliphatic carbocycles. The molecule has 0 heterocycles. The van der Waals surface area contributed by atoms with Crippen LogP contribution in [0.2, 0.25) is 0 Å². The SMILES string of the molecule is CC(C)C(C#N)N=NC(C#N)C(C)C.Cl. The van der Waals surface area contributed by atoms with Crippen molar-refractivity contribution in [1.29, 1.82) is 10.5 Å². The van der Waals surface area contributed by atoms with Crippen molar-refractivity contribution in [3.05, 3.63) is 0 Å². The highest BCUT2D eigenvalue weighted by atomic mass is 35.5. The summed E-state index contributed by atoms with van der Waals surface area (Å²) in [6.45, 7) is 7.63. The van der Waals surface area contributed by atoms with Crippen LogP contribution in [0.25, 0.3) is 0 Å². The first-order chi connectivity index (χ1) is 6.52. The van der Waals surface area contributed by atoms with E-state index in [9.17, 15) is 0 Å². The lowest BCUT2D eigenvalue weighted by atomic mass is 10.1. The zero-order valence-corrected chi connectivity index (χ0v) is 10.3. The van der Waals surface area contributed by atoms with E-state index < -0.39 is 12.1 Å². The van der Waals surface area contributed by atoms with Crippen LogP contribution in [0.4, 0.5) is 0 Å². The first-order valence-corrected chi connectivity index (χ1v) is 4.72. The van der Waals surface area contributed by atoms with E-state index in [0.717, 1.165) is 0 Å². The van der Waals surface area contributed by atoms with Gasteiger partial charge in [-0.25, -0.2) is 0 Å². The molecule has 5 heteroatoms. The Hall–Kier alpha value is -1.13. The minimum atomic E-state index is -0.440. The predicted octanol–water partition coefficient (Wildman–Crippen LogP) is 2.96. The van der Waals surface area contributed by atoms with Crippen molar-refractivity contribution in [2.24, 2.45) is 22.1 Å². The largest absolute Gasteiger partial charge is 0.196 e. The van der Waals surface area contributed by atoms with Gasteiger partial charge in [-0.15, -0.1) is 12.4 Å². The van der Waals surface area contributed by atoms with Crippen LogP contribution in [0.1, 0.15) is 27.7 Å². The average Bonchev–Trinajstić information content (AvgIpc) is 2.11. The van der Waals surface area contributed by atoms with Gasteiger partial charge in [0.25, 0.3) is 0 Å². The monoisotopic (exact) mass is 228 g/mol. The molecule has 0 radical (unpaired) electrons. The average molecular weight is 229 g/mol. The Morgan fingerprint density at radius 1 is 0.800 bits per heavy atom. The fourth-order valence-electron chi connectivity index (χ4n) is 0.760. The second kappa shape index (κ2) is 8.20. The maximum Gasteiger partial charge on any atom is 0.159 e. The van der Waals surface area contributed by atoms with E-state index in [1.54, 1.807) is 0 Å². The van der Waals surface area contributed by atoms with Crippen LogP contribution in [0.5, 0.6) is 0 Å². The molecule has 0 N–H and O–H groups in total. The van der Waals surface area contributed by atoms with E-state index in [1.807, 2.05) is 27.7 Å². The van der Waals surface area contributed by atoms with Gasteiger partial charge >= 0.3 is 0 Å². The molecule has 0 amide bonds. The third-order valence-corrected chi connectivity index (χ3v) is 1.84. The van der Waals surface area contributed by atoms with E-state index in [1.165, 1.54) is 0 Å². The number of halogens is 1. The van der Waals surface area contributed by atoms with Gasteiger partial charge in [0.05, 0.1) is 12.1 Å². The lowest BCUT2D eigenvalue weighted by Gasteiger charge is -2.09. The minimum absolute atomic E-state index is 0. The van der Waals surface area contributed by atoms with Crippen LogP contribution in [-0.2, 0) is 0 Å². The number of azo groups is 1. The number of rotatable bonds is 4. The molecule has 2 unspecified atom stereocenters. The fraction of sp³-hybridized carbons (Fsp3) is 0.800. The van der Waals surface area contributed by atoms with Gasteiger partial charge in [0, 0.05) is 0 Å². The van der Waals surface area contributed by atoms with Crippen LogP contribution in [0.15, 0.2) is 10.2 Å². The Morgan fingerprint density at radius 2 is 1.07 bits per heavy atom. The molecule has 84 valence electrons. The molecule has 0 aliphatic heterocycles. The van der Waals surface area contributed by atoms with Gasteiger partial charge in [0.15, 0.2) is 12.1 Å². The fourth-order valence-corrected chi connectivity index (χ4v) is 0.760. The zero-order valence-electron chi connectivity index (χ0n) is 9.51. The third kappa shape index (κ3) is 6.04. The molecule has 15 heavy (non-hydrogen) atoms. The van der Waals surface area contributed by atoms with Crippen molar-refractivity contribution < 1.29 is 0 Å². The summed E-state index contributed by atoms with van der Waals surface area (Å²) in [4.78, 5) is 0. The summed E-state index contributed by atoms with van der Waals surface area (Å²) in [7, 11) is 0. The van der Waals surface area contributed by atoms with E-state index >= 15 is 0 Å². The summed E-state index contributed by atoms with van der Waals surface area (Å²) in [5, 5.41) is 25.2. The van der Waals surface area contributed by atoms with Crippen molar-refractivity contribution in [3.63, 3.8) is 0 Å². The quantitative estimate of drug-likeness (QED) is 0.694. The summed E-state index contributed by atoms with van der Waals surface area (Å²) < 4.78 is 0. The van der Waals surface area contributed by atoms with Gasteiger partial charge in [-0.3, -0.25) is 0 Å². The molecule has 0 rings (SSSR count). The van der Waals surface area contributed by atoms with Crippen LogP contribution >= 0.6 is 12.4 Å². The Bertz CT molecular complexity index is 244. The lowest BCUT2D eigenvalue weighted by molar-refractivity contribution is 0.507. The van der Waals surface area contributed by atoms with Crippen molar-refractivity contribution in [2.75, 3.05) is 0 Å². The van der Waals surface area contributed by atoms with Crippen molar-refractivity contribution in [3.8, 4) is 12.1 Å². The second-order valence-electron chi connectivity index (χ2n) is 3.87. The summed E-state index contributed by atoms with van der Waals surface area (Å²) in [5.74, 6) is 0.269. The molecule has 0 saturated carbocycles.